The zero-order chi connectivity index (χ0) is 8.69. The lowest BCUT2D eigenvalue weighted by molar-refractivity contribution is 0.414. The zero-order valence-corrected chi connectivity index (χ0v) is 12.3. The van der Waals surface area contributed by atoms with Gasteiger partial charge in [0.1, 0.15) is 5.75 Å². The van der Waals surface area contributed by atoms with Gasteiger partial charge in [0.2, 0.25) is 0 Å². The predicted octanol–water partition coefficient (Wildman–Crippen LogP) is 4.07. The molecule has 0 aliphatic heterocycles. The molecule has 0 amide bonds. The summed E-state index contributed by atoms with van der Waals surface area (Å²) >= 11 is 6.50. The summed E-state index contributed by atoms with van der Waals surface area (Å²) in [6, 6.07) is 7.92. The van der Waals surface area contributed by atoms with Crippen LogP contribution in [-0.2, 0) is 0 Å². The molecule has 11 heavy (non-hydrogen) atoms. The Balaban J connectivity index is 0.000000461. The molecule has 0 N–H and O–H groups in total. The zero-order valence-electron chi connectivity index (χ0n) is 5.85. The molecule has 4 heteroatoms. The fraction of sp³-hybridized carbons (Fsp3) is 0.143. The van der Waals surface area contributed by atoms with Gasteiger partial charge in [0.15, 0.2) is 0 Å². The summed E-state index contributed by atoms with van der Waals surface area (Å²) in [7, 11) is 1.67. The monoisotopic (exact) mass is 488 g/mol. The SMILES string of the molecule is COc1ccc(I)cc1.II. The van der Waals surface area contributed by atoms with Crippen LogP contribution in [0.3, 0.4) is 0 Å². The largest absolute Gasteiger partial charge is 0.497 e. The highest BCUT2D eigenvalue weighted by Gasteiger charge is 1.86. The third kappa shape index (κ3) is 5.45. The quantitative estimate of drug-likeness (QED) is 0.543. The third-order valence-electron chi connectivity index (χ3n) is 1.05. The van der Waals surface area contributed by atoms with E-state index in [2.05, 4.69) is 59.8 Å². The summed E-state index contributed by atoms with van der Waals surface area (Å²) < 4.78 is 6.20. The summed E-state index contributed by atoms with van der Waals surface area (Å²) in [6.45, 7) is 0. The standard InChI is InChI=1S/C7H7IO.I2/c1-9-7-4-2-6(8)3-5-7;1-2/h2-5H,1H3;. The van der Waals surface area contributed by atoms with Crippen molar-refractivity contribution in [2.75, 3.05) is 7.11 Å². The van der Waals surface area contributed by atoms with E-state index in [0.29, 0.717) is 0 Å². The van der Waals surface area contributed by atoms with Crippen molar-refractivity contribution in [3.8, 4) is 5.75 Å². The van der Waals surface area contributed by atoms with Gasteiger partial charge >= 0.3 is 0 Å². The molecule has 1 aromatic rings. The first-order valence-corrected chi connectivity index (χ1v) is 10.1. The van der Waals surface area contributed by atoms with Crippen LogP contribution in [0.4, 0.5) is 0 Å². The maximum atomic E-state index is 4.97. The van der Waals surface area contributed by atoms with E-state index in [1.807, 2.05) is 24.3 Å². The smallest absolute Gasteiger partial charge is 0.118 e. The van der Waals surface area contributed by atoms with E-state index in [0.717, 1.165) is 5.75 Å². The number of hydrogen-bond donors (Lipinski definition) is 0. The molecule has 62 valence electrons. The van der Waals surface area contributed by atoms with Crippen LogP contribution >= 0.6 is 59.8 Å². The van der Waals surface area contributed by atoms with Crippen LogP contribution < -0.4 is 4.74 Å². The van der Waals surface area contributed by atoms with Crippen LogP contribution in [0.15, 0.2) is 24.3 Å². The van der Waals surface area contributed by atoms with E-state index in [1.54, 1.807) is 7.11 Å². The molecule has 0 spiro atoms. The molecule has 0 saturated heterocycles. The fourth-order valence-corrected chi connectivity index (χ4v) is 0.930. The van der Waals surface area contributed by atoms with Gasteiger partial charge in [-0.3, -0.25) is 0 Å². The molecule has 0 atom stereocenters. The third-order valence-corrected chi connectivity index (χ3v) is 1.77. The van der Waals surface area contributed by atoms with Crippen LogP contribution in [-0.4, -0.2) is 7.11 Å². The van der Waals surface area contributed by atoms with Gasteiger partial charge < -0.3 is 4.74 Å². The minimum absolute atomic E-state index is 0.912. The van der Waals surface area contributed by atoms with Crippen LogP contribution in [0.2, 0.25) is 0 Å². The molecular weight excluding hydrogens is 481 g/mol. The van der Waals surface area contributed by atoms with E-state index < -0.39 is 0 Å². The van der Waals surface area contributed by atoms with Crippen molar-refractivity contribution in [1.29, 1.82) is 0 Å². The van der Waals surface area contributed by atoms with Crippen molar-refractivity contribution >= 4 is 59.8 Å². The molecule has 1 aromatic carbocycles. The van der Waals surface area contributed by atoms with Crippen molar-refractivity contribution < 1.29 is 4.74 Å². The van der Waals surface area contributed by atoms with Crippen molar-refractivity contribution in [1.82, 2.24) is 0 Å². The van der Waals surface area contributed by atoms with Gasteiger partial charge in [0.25, 0.3) is 0 Å². The molecule has 1 rings (SSSR count). The molecule has 0 aromatic heterocycles. The van der Waals surface area contributed by atoms with Gasteiger partial charge in [-0.1, -0.05) is 0 Å². The summed E-state index contributed by atoms with van der Waals surface area (Å²) in [5.74, 6) is 0.912. The highest BCUT2D eigenvalue weighted by atomic mass is 128. The molecular formula is C7H7I3O. The van der Waals surface area contributed by atoms with E-state index in [-0.39, 0.29) is 0 Å². The Bertz CT molecular complexity index is 185. The summed E-state index contributed by atoms with van der Waals surface area (Å²) in [4.78, 5) is 0. The number of methoxy groups -OCH3 is 1. The minimum atomic E-state index is 0.912. The molecule has 1 nitrogen and oxygen atoms in total. The van der Waals surface area contributed by atoms with Gasteiger partial charge in [0, 0.05) is 40.8 Å². The van der Waals surface area contributed by atoms with Crippen molar-refractivity contribution in [3.05, 3.63) is 27.8 Å². The minimum Gasteiger partial charge on any atom is -0.497 e. The molecule has 0 radical (unpaired) electrons. The Morgan fingerprint density at radius 3 is 1.91 bits per heavy atom. The van der Waals surface area contributed by atoms with Gasteiger partial charge in [-0.05, 0) is 46.9 Å². The molecule has 0 heterocycles. The lowest BCUT2D eigenvalue weighted by Crippen LogP contribution is -1.80. The van der Waals surface area contributed by atoms with Gasteiger partial charge in [0.05, 0.1) is 7.11 Å². The molecule has 0 unspecified atom stereocenters. The van der Waals surface area contributed by atoms with Crippen molar-refractivity contribution in [2.45, 2.75) is 0 Å². The number of benzene rings is 1. The summed E-state index contributed by atoms with van der Waals surface area (Å²) in [6.07, 6.45) is 0. The Labute approximate surface area is 104 Å². The number of ether oxygens (including phenoxy) is 1. The van der Waals surface area contributed by atoms with E-state index in [4.69, 9.17) is 4.74 Å². The lowest BCUT2D eigenvalue weighted by atomic mass is 10.3. The summed E-state index contributed by atoms with van der Waals surface area (Å²) in [5, 5.41) is 0. The van der Waals surface area contributed by atoms with Crippen LogP contribution in [0, 0.1) is 3.57 Å². The van der Waals surface area contributed by atoms with Crippen LogP contribution in [0.1, 0.15) is 0 Å². The van der Waals surface area contributed by atoms with E-state index in [9.17, 15) is 0 Å². The lowest BCUT2D eigenvalue weighted by Gasteiger charge is -1.96. The predicted molar refractivity (Wildman–Crippen MR) is 73.8 cm³/mol. The first kappa shape index (κ1) is 12.2. The normalized spacial score (nSPS) is 8.00. The molecule has 0 aliphatic carbocycles. The topological polar surface area (TPSA) is 9.23 Å². The maximum absolute atomic E-state index is 4.97. The van der Waals surface area contributed by atoms with Gasteiger partial charge in [-0.25, -0.2) is 0 Å². The average Bonchev–Trinajstić information content (AvgIpc) is 2.10. The van der Waals surface area contributed by atoms with E-state index in [1.165, 1.54) is 3.57 Å². The second-order valence-corrected chi connectivity index (χ2v) is 2.90. The maximum Gasteiger partial charge on any atom is 0.118 e. The number of halogens is 3. The molecule has 0 saturated carbocycles. The Kier molecular flexibility index (Phi) is 8.70. The second-order valence-electron chi connectivity index (χ2n) is 1.66. The summed E-state index contributed by atoms with van der Waals surface area (Å²) in [5.41, 5.74) is 0. The Morgan fingerprint density at radius 1 is 1.09 bits per heavy atom. The first-order chi connectivity index (χ1) is 5.33. The molecule has 0 fully saturated rings. The highest BCUT2D eigenvalue weighted by Crippen LogP contribution is 2.11. The van der Waals surface area contributed by atoms with Crippen molar-refractivity contribution in [3.63, 3.8) is 0 Å². The Hall–Kier alpha value is 1.21. The van der Waals surface area contributed by atoms with Crippen LogP contribution in [0.5, 0.6) is 5.75 Å². The Morgan fingerprint density at radius 2 is 1.55 bits per heavy atom. The van der Waals surface area contributed by atoms with Gasteiger partial charge in [-0.15, -0.1) is 0 Å². The van der Waals surface area contributed by atoms with E-state index >= 15 is 0 Å². The molecule has 0 bridgehead atoms. The van der Waals surface area contributed by atoms with Crippen LogP contribution in [0.25, 0.3) is 0 Å². The van der Waals surface area contributed by atoms with Gasteiger partial charge in [-0.2, -0.15) is 0 Å². The average molecular weight is 488 g/mol. The first-order valence-electron chi connectivity index (χ1n) is 2.77. The second kappa shape index (κ2) is 7.84. The highest BCUT2D eigenvalue weighted by molar-refractivity contribution is 15.0. The number of rotatable bonds is 1. The fourth-order valence-electron chi connectivity index (χ4n) is 0.571. The molecule has 0 aliphatic rings. The number of hydrogen-bond acceptors (Lipinski definition) is 1. The van der Waals surface area contributed by atoms with Crippen molar-refractivity contribution in [2.24, 2.45) is 0 Å².